The number of nitrogens with one attached hydrogen (secondary N) is 1. The number of thiocarbonyl (C=S) groups is 1. The molecule has 0 spiro atoms. The first-order chi connectivity index (χ1) is 17.3. The Morgan fingerprint density at radius 2 is 1.56 bits per heavy atom. The van der Waals surface area contributed by atoms with Crippen molar-refractivity contribution in [2.75, 3.05) is 19.1 Å². The van der Waals surface area contributed by atoms with Gasteiger partial charge in [-0.3, -0.25) is 19.8 Å². The zero-order valence-corrected chi connectivity index (χ0v) is 21.3. The summed E-state index contributed by atoms with van der Waals surface area (Å²) in [6.45, 7) is 4.17. The highest BCUT2D eigenvalue weighted by atomic mass is 32.1. The average Bonchev–Trinajstić information content (AvgIpc) is 2.85. The maximum absolute atomic E-state index is 13.3. The molecule has 2 amide bonds. The summed E-state index contributed by atoms with van der Waals surface area (Å²) in [7, 11) is 3.20. The maximum Gasteiger partial charge on any atom is 0.270 e. The van der Waals surface area contributed by atoms with E-state index in [1.165, 1.54) is 4.90 Å². The van der Waals surface area contributed by atoms with Gasteiger partial charge in [-0.2, -0.15) is 0 Å². The summed E-state index contributed by atoms with van der Waals surface area (Å²) in [6, 6.07) is 18.3. The van der Waals surface area contributed by atoms with E-state index in [-0.39, 0.29) is 17.3 Å². The molecule has 1 aliphatic rings. The van der Waals surface area contributed by atoms with Crippen molar-refractivity contribution >= 4 is 40.9 Å². The zero-order chi connectivity index (χ0) is 25.8. The highest BCUT2D eigenvalue weighted by Gasteiger charge is 2.34. The molecule has 1 fully saturated rings. The Morgan fingerprint density at radius 1 is 0.889 bits per heavy atom. The Kier molecular flexibility index (Phi) is 7.36. The van der Waals surface area contributed by atoms with E-state index in [1.807, 2.05) is 50.2 Å². The predicted octanol–water partition coefficient (Wildman–Crippen LogP) is 4.73. The van der Waals surface area contributed by atoms with Gasteiger partial charge in [0.1, 0.15) is 29.4 Å². The number of nitrogens with zero attached hydrogens (tertiary/aromatic N) is 1. The molecule has 0 unspecified atom stereocenters. The highest BCUT2D eigenvalue weighted by Crippen LogP contribution is 2.27. The number of hydrogen-bond acceptors (Lipinski definition) is 6. The summed E-state index contributed by atoms with van der Waals surface area (Å²) in [5.74, 6) is 1.03. The van der Waals surface area contributed by atoms with Crippen LogP contribution >= 0.6 is 12.2 Å². The summed E-state index contributed by atoms with van der Waals surface area (Å²) in [6.07, 6.45) is 1.55. The van der Waals surface area contributed by atoms with Crippen LogP contribution in [-0.2, 0) is 16.2 Å². The lowest BCUT2D eigenvalue weighted by atomic mass is 10.1. The van der Waals surface area contributed by atoms with Crippen LogP contribution in [0.4, 0.5) is 5.69 Å². The third-order valence-corrected chi connectivity index (χ3v) is 5.92. The van der Waals surface area contributed by atoms with Crippen molar-refractivity contribution in [2.24, 2.45) is 0 Å². The second-order valence-electron chi connectivity index (χ2n) is 8.34. The van der Waals surface area contributed by atoms with Gasteiger partial charge in [0.25, 0.3) is 11.8 Å². The smallest absolute Gasteiger partial charge is 0.270 e. The van der Waals surface area contributed by atoms with Crippen LogP contribution in [0.15, 0.2) is 66.2 Å². The van der Waals surface area contributed by atoms with Crippen molar-refractivity contribution in [1.29, 1.82) is 0 Å². The van der Waals surface area contributed by atoms with Crippen molar-refractivity contribution in [3.8, 4) is 17.2 Å². The van der Waals surface area contributed by atoms with Crippen LogP contribution in [0.5, 0.6) is 17.2 Å². The molecule has 7 nitrogen and oxygen atoms in total. The van der Waals surface area contributed by atoms with Gasteiger partial charge in [0.05, 0.1) is 19.9 Å². The molecule has 1 heterocycles. The van der Waals surface area contributed by atoms with Crippen LogP contribution in [0, 0.1) is 13.8 Å². The van der Waals surface area contributed by atoms with Crippen molar-refractivity contribution in [2.45, 2.75) is 20.5 Å². The molecule has 1 aliphatic heterocycles. The summed E-state index contributed by atoms with van der Waals surface area (Å²) in [4.78, 5) is 27.2. The van der Waals surface area contributed by atoms with Crippen molar-refractivity contribution < 1.29 is 23.8 Å². The van der Waals surface area contributed by atoms with Crippen LogP contribution in [0.2, 0.25) is 0 Å². The van der Waals surface area contributed by atoms with E-state index in [2.05, 4.69) is 5.32 Å². The molecule has 36 heavy (non-hydrogen) atoms. The number of amides is 2. The average molecular weight is 503 g/mol. The molecule has 3 aromatic carbocycles. The summed E-state index contributed by atoms with van der Waals surface area (Å²) in [5, 5.41) is 2.68. The minimum atomic E-state index is -0.531. The van der Waals surface area contributed by atoms with E-state index in [4.69, 9.17) is 26.4 Å². The fourth-order valence-electron chi connectivity index (χ4n) is 3.95. The first kappa shape index (κ1) is 24.9. The van der Waals surface area contributed by atoms with E-state index in [0.29, 0.717) is 28.5 Å². The van der Waals surface area contributed by atoms with Gasteiger partial charge in [-0.1, -0.05) is 18.2 Å². The van der Waals surface area contributed by atoms with Crippen molar-refractivity contribution in [3.63, 3.8) is 0 Å². The number of benzene rings is 3. The molecule has 0 saturated carbocycles. The molecule has 0 radical (unpaired) electrons. The first-order valence-corrected chi connectivity index (χ1v) is 11.6. The molecule has 0 aromatic heterocycles. The van der Waals surface area contributed by atoms with Gasteiger partial charge < -0.3 is 14.2 Å². The first-order valence-electron chi connectivity index (χ1n) is 11.2. The molecule has 1 N–H and O–H groups in total. The predicted molar refractivity (Wildman–Crippen MR) is 142 cm³/mol. The van der Waals surface area contributed by atoms with Gasteiger partial charge in [0.2, 0.25) is 0 Å². The lowest BCUT2D eigenvalue weighted by Crippen LogP contribution is -2.54. The van der Waals surface area contributed by atoms with Gasteiger partial charge in [-0.15, -0.1) is 0 Å². The number of ether oxygens (including phenoxy) is 3. The second kappa shape index (κ2) is 10.6. The number of hydrogen-bond donors (Lipinski definition) is 1. The molecule has 0 bridgehead atoms. The van der Waals surface area contributed by atoms with Crippen LogP contribution in [0.25, 0.3) is 6.08 Å². The Balaban J connectivity index is 1.53. The Bertz CT molecular complexity index is 1340. The monoisotopic (exact) mass is 502 g/mol. The number of carbonyl (C=O) groups excluding carboxylic acids is 2. The van der Waals surface area contributed by atoms with Crippen molar-refractivity contribution in [1.82, 2.24) is 5.32 Å². The summed E-state index contributed by atoms with van der Waals surface area (Å²) < 4.78 is 16.6. The largest absolute Gasteiger partial charge is 0.497 e. The lowest BCUT2D eigenvalue weighted by Gasteiger charge is -2.29. The van der Waals surface area contributed by atoms with Crippen LogP contribution < -0.4 is 24.4 Å². The number of aryl methyl sites for hydroxylation is 2. The molecule has 0 atom stereocenters. The zero-order valence-electron chi connectivity index (χ0n) is 20.5. The maximum atomic E-state index is 13.3. The molecular weight excluding hydrogens is 476 g/mol. The lowest BCUT2D eigenvalue weighted by molar-refractivity contribution is -0.122. The number of methoxy groups -OCH3 is 2. The number of rotatable bonds is 7. The quantitative estimate of drug-likeness (QED) is 0.286. The minimum absolute atomic E-state index is 0.00227. The molecule has 1 saturated heterocycles. The Morgan fingerprint density at radius 3 is 2.19 bits per heavy atom. The third-order valence-electron chi connectivity index (χ3n) is 5.64. The Hall–Kier alpha value is -4.17. The van der Waals surface area contributed by atoms with Crippen LogP contribution in [-0.4, -0.2) is 31.1 Å². The molecule has 184 valence electrons. The van der Waals surface area contributed by atoms with Crippen LogP contribution in [0.3, 0.4) is 0 Å². The highest BCUT2D eigenvalue weighted by molar-refractivity contribution is 7.80. The summed E-state index contributed by atoms with van der Waals surface area (Å²) in [5.41, 5.74) is 4.11. The Labute approximate surface area is 215 Å². The van der Waals surface area contributed by atoms with Gasteiger partial charge in [0, 0.05) is 5.56 Å². The van der Waals surface area contributed by atoms with Crippen LogP contribution in [0.1, 0.15) is 22.3 Å². The molecule has 4 rings (SSSR count). The van der Waals surface area contributed by atoms with E-state index in [1.54, 1.807) is 44.6 Å². The SMILES string of the molecule is COc1ccc(OC)c(COc2ccc(/C=C3\C(=O)NC(=S)N(c4cc(C)cc(C)c4)C3=O)cc2)c1. The van der Waals surface area contributed by atoms with Gasteiger partial charge in [-0.25, -0.2) is 0 Å². The normalized spacial score (nSPS) is 14.6. The van der Waals surface area contributed by atoms with Gasteiger partial charge in [0.15, 0.2) is 5.11 Å². The standard InChI is InChI=1S/C28H26N2O5S/c1-17-11-18(2)13-21(12-17)30-27(32)24(26(31)29-28(30)36)14-19-5-7-22(8-6-19)35-16-20-15-23(33-3)9-10-25(20)34-4/h5-15H,16H2,1-4H3,(H,29,31,36)/b24-14+. The van der Waals surface area contributed by atoms with Gasteiger partial charge in [-0.05, 0) is 91.3 Å². The third kappa shape index (κ3) is 5.39. The fourth-order valence-corrected chi connectivity index (χ4v) is 4.24. The number of anilines is 1. The topological polar surface area (TPSA) is 77.1 Å². The second-order valence-corrected chi connectivity index (χ2v) is 8.73. The minimum Gasteiger partial charge on any atom is -0.497 e. The van der Waals surface area contributed by atoms with E-state index in [9.17, 15) is 9.59 Å². The van der Waals surface area contributed by atoms with E-state index < -0.39 is 11.8 Å². The van der Waals surface area contributed by atoms with Gasteiger partial charge >= 0.3 is 0 Å². The van der Waals surface area contributed by atoms with Crippen molar-refractivity contribution in [3.05, 3.63) is 88.5 Å². The molecule has 0 aliphatic carbocycles. The number of carbonyl (C=O) groups is 2. The van der Waals surface area contributed by atoms with E-state index in [0.717, 1.165) is 16.7 Å². The molecule has 3 aromatic rings. The molecular formula is C28H26N2O5S. The van der Waals surface area contributed by atoms with E-state index >= 15 is 0 Å². The molecule has 8 heteroatoms. The fraction of sp³-hybridized carbons (Fsp3) is 0.179. The summed E-state index contributed by atoms with van der Waals surface area (Å²) >= 11 is 5.30.